The molecule has 1 aromatic carbocycles. The van der Waals surface area contributed by atoms with Gasteiger partial charge in [-0.1, -0.05) is 12.1 Å². The maximum absolute atomic E-state index is 12.9. The topological polar surface area (TPSA) is 38.2 Å². The number of para-hydroxylation sites is 1. The summed E-state index contributed by atoms with van der Waals surface area (Å²) in [6, 6.07) is 6.69. The number of rotatable bonds is 4. The van der Waals surface area contributed by atoms with Gasteiger partial charge in [0.15, 0.2) is 6.61 Å². The van der Waals surface area contributed by atoms with Crippen LogP contribution in [-0.2, 0) is 6.18 Å². The Labute approximate surface area is 146 Å². The predicted octanol–water partition coefficient (Wildman–Crippen LogP) is 4.97. The lowest BCUT2D eigenvalue weighted by atomic mass is 10.3. The van der Waals surface area contributed by atoms with Crippen LogP contribution in [0.4, 0.5) is 38.0 Å². The molecule has 0 fully saturated rings. The van der Waals surface area contributed by atoms with E-state index in [1.54, 1.807) is 24.3 Å². The Kier molecular flexibility index (Phi) is 5.45. The fraction of sp³-hybridized carbons (Fsp3) is 0.286. The SMILES string of the molecule is CN(c1ncc(C(F)(F)F)c(OCC(F)(F)F)n1)c1ccccc1Br. The van der Waals surface area contributed by atoms with Crippen LogP contribution in [0.5, 0.6) is 5.88 Å². The van der Waals surface area contributed by atoms with Crippen LogP contribution in [0.1, 0.15) is 5.56 Å². The van der Waals surface area contributed by atoms with Gasteiger partial charge in [0.05, 0.1) is 5.69 Å². The number of hydrogen-bond donors (Lipinski definition) is 0. The molecule has 1 heterocycles. The second kappa shape index (κ2) is 7.06. The largest absolute Gasteiger partial charge is 0.467 e. The van der Waals surface area contributed by atoms with Gasteiger partial charge in [-0.05, 0) is 28.1 Å². The van der Waals surface area contributed by atoms with Crippen LogP contribution in [0.15, 0.2) is 34.9 Å². The summed E-state index contributed by atoms with van der Waals surface area (Å²) in [5.74, 6) is -1.44. The minimum Gasteiger partial charge on any atom is -0.467 e. The first-order valence-electron chi connectivity index (χ1n) is 6.61. The zero-order valence-electron chi connectivity index (χ0n) is 12.5. The molecule has 0 aliphatic carbocycles. The standard InChI is InChI=1S/C14H10BrF6N3O/c1-24(10-5-3-2-4-9(10)15)12-22-6-8(14(19,20)21)11(23-12)25-7-13(16,17)18/h2-6H,7H2,1H3. The molecule has 2 rings (SSSR count). The van der Waals surface area contributed by atoms with E-state index >= 15 is 0 Å². The average Bonchev–Trinajstić information content (AvgIpc) is 2.51. The van der Waals surface area contributed by atoms with Crippen LogP contribution in [0.25, 0.3) is 0 Å². The number of halogens is 7. The number of anilines is 2. The predicted molar refractivity (Wildman–Crippen MR) is 80.8 cm³/mol. The zero-order chi connectivity index (χ0) is 18.8. The van der Waals surface area contributed by atoms with Crippen LogP contribution < -0.4 is 9.64 Å². The molecule has 2 aromatic rings. The number of aromatic nitrogens is 2. The molecule has 0 aliphatic rings. The summed E-state index contributed by atoms with van der Waals surface area (Å²) in [5, 5.41) is 0. The third-order valence-electron chi connectivity index (χ3n) is 2.93. The first kappa shape index (κ1) is 19.3. The van der Waals surface area contributed by atoms with Crippen molar-refractivity contribution in [2.24, 2.45) is 0 Å². The van der Waals surface area contributed by atoms with Gasteiger partial charge in [-0.2, -0.15) is 31.3 Å². The molecular formula is C14H10BrF6N3O. The normalized spacial score (nSPS) is 12.2. The van der Waals surface area contributed by atoms with Gasteiger partial charge in [0, 0.05) is 17.7 Å². The lowest BCUT2D eigenvalue weighted by Gasteiger charge is -2.20. The fourth-order valence-electron chi connectivity index (χ4n) is 1.81. The summed E-state index contributed by atoms with van der Waals surface area (Å²) in [6.07, 6.45) is -9.37. The first-order chi connectivity index (χ1) is 11.5. The van der Waals surface area contributed by atoms with Crippen molar-refractivity contribution in [1.29, 1.82) is 0 Å². The van der Waals surface area contributed by atoms with Gasteiger partial charge in [0.25, 0.3) is 0 Å². The monoisotopic (exact) mass is 429 g/mol. The van der Waals surface area contributed by atoms with Gasteiger partial charge in [-0.3, -0.25) is 0 Å². The van der Waals surface area contributed by atoms with Gasteiger partial charge in [0.1, 0.15) is 5.56 Å². The van der Waals surface area contributed by atoms with Crippen LogP contribution in [0, 0.1) is 0 Å². The van der Waals surface area contributed by atoms with E-state index in [-0.39, 0.29) is 5.95 Å². The smallest absolute Gasteiger partial charge is 0.423 e. The number of ether oxygens (including phenoxy) is 1. The Morgan fingerprint density at radius 1 is 1.12 bits per heavy atom. The number of alkyl halides is 6. The van der Waals surface area contributed by atoms with Gasteiger partial charge >= 0.3 is 12.4 Å². The zero-order valence-corrected chi connectivity index (χ0v) is 14.1. The molecular weight excluding hydrogens is 420 g/mol. The van der Waals surface area contributed by atoms with Crippen molar-refractivity contribution in [2.45, 2.75) is 12.4 Å². The van der Waals surface area contributed by atoms with E-state index in [4.69, 9.17) is 0 Å². The minimum atomic E-state index is -4.95. The molecule has 11 heteroatoms. The third kappa shape index (κ3) is 4.97. The minimum absolute atomic E-state index is 0.253. The van der Waals surface area contributed by atoms with Gasteiger partial charge < -0.3 is 9.64 Å². The van der Waals surface area contributed by atoms with E-state index in [0.29, 0.717) is 16.4 Å². The Morgan fingerprint density at radius 3 is 2.32 bits per heavy atom. The Morgan fingerprint density at radius 2 is 1.76 bits per heavy atom. The van der Waals surface area contributed by atoms with Crippen molar-refractivity contribution in [3.05, 3.63) is 40.5 Å². The van der Waals surface area contributed by atoms with Crippen LogP contribution >= 0.6 is 15.9 Å². The molecule has 0 radical (unpaired) electrons. The van der Waals surface area contributed by atoms with Crippen LogP contribution in [-0.4, -0.2) is 29.8 Å². The molecule has 0 spiro atoms. The number of hydrogen-bond acceptors (Lipinski definition) is 4. The highest BCUT2D eigenvalue weighted by Crippen LogP contribution is 2.37. The average molecular weight is 430 g/mol. The molecule has 0 aliphatic heterocycles. The van der Waals surface area contributed by atoms with Crippen molar-refractivity contribution < 1.29 is 31.1 Å². The van der Waals surface area contributed by atoms with E-state index in [2.05, 4.69) is 30.6 Å². The molecule has 0 saturated carbocycles. The van der Waals surface area contributed by atoms with Gasteiger partial charge in [0.2, 0.25) is 11.8 Å². The lowest BCUT2D eigenvalue weighted by Crippen LogP contribution is -2.23. The highest BCUT2D eigenvalue weighted by Gasteiger charge is 2.38. The molecule has 4 nitrogen and oxygen atoms in total. The maximum atomic E-state index is 12.9. The summed E-state index contributed by atoms with van der Waals surface area (Å²) in [6.45, 7) is -1.90. The molecule has 0 unspecified atom stereocenters. The van der Waals surface area contributed by atoms with Crippen molar-refractivity contribution in [3.63, 3.8) is 0 Å². The molecule has 136 valence electrons. The highest BCUT2D eigenvalue weighted by atomic mass is 79.9. The van der Waals surface area contributed by atoms with Crippen molar-refractivity contribution in [1.82, 2.24) is 9.97 Å². The highest BCUT2D eigenvalue weighted by molar-refractivity contribution is 9.10. The van der Waals surface area contributed by atoms with E-state index in [1.807, 2.05) is 0 Å². The Balaban J connectivity index is 2.42. The fourth-order valence-corrected chi connectivity index (χ4v) is 2.36. The Hall–Kier alpha value is -2.04. The van der Waals surface area contributed by atoms with Crippen LogP contribution in [0.3, 0.4) is 0 Å². The summed E-state index contributed by atoms with van der Waals surface area (Å²) >= 11 is 3.26. The van der Waals surface area contributed by atoms with E-state index in [1.165, 1.54) is 11.9 Å². The van der Waals surface area contributed by atoms with Crippen molar-refractivity contribution in [2.75, 3.05) is 18.6 Å². The van der Waals surface area contributed by atoms with Crippen molar-refractivity contribution >= 4 is 27.6 Å². The maximum Gasteiger partial charge on any atom is 0.423 e. The second-order valence-corrected chi connectivity index (χ2v) is 5.66. The van der Waals surface area contributed by atoms with Crippen LogP contribution in [0.2, 0.25) is 0 Å². The lowest BCUT2D eigenvalue weighted by molar-refractivity contribution is -0.159. The van der Waals surface area contributed by atoms with Gasteiger partial charge in [-0.15, -0.1) is 0 Å². The molecule has 0 saturated heterocycles. The molecule has 1 aromatic heterocycles. The summed E-state index contributed by atoms with van der Waals surface area (Å²) in [7, 11) is 1.45. The Bertz CT molecular complexity index is 750. The molecule has 25 heavy (non-hydrogen) atoms. The number of nitrogens with zero attached hydrogens (tertiary/aromatic N) is 3. The second-order valence-electron chi connectivity index (χ2n) is 4.80. The molecule has 0 atom stereocenters. The van der Waals surface area contributed by atoms with E-state index in [9.17, 15) is 26.3 Å². The third-order valence-corrected chi connectivity index (χ3v) is 3.60. The van der Waals surface area contributed by atoms with E-state index < -0.39 is 30.4 Å². The van der Waals surface area contributed by atoms with E-state index in [0.717, 1.165) is 0 Å². The first-order valence-corrected chi connectivity index (χ1v) is 7.40. The number of benzene rings is 1. The summed E-state index contributed by atoms with van der Waals surface area (Å²) < 4.78 is 80.5. The molecule has 0 N–H and O–H groups in total. The molecule has 0 amide bonds. The summed E-state index contributed by atoms with van der Waals surface area (Å²) in [4.78, 5) is 8.40. The van der Waals surface area contributed by atoms with Gasteiger partial charge in [-0.25, -0.2) is 4.98 Å². The van der Waals surface area contributed by atoms with Crippen molar-refractivity contribution in [3.8, 4) is 5.88 Å². The quantitative estimate of drug-likeness (QED) is 0.643. The summed E-state index contributed by atoms with van der Waals surface area (Å²) in [5.41, 5.74) is -0.981. The molecule has 0 bridgehead atoms.